The monoisotopic (exact) mass is 285 g/mol. The molecule has 0 aliphatic heterocycles. The molecule has 0 radical (unpaired) electrons. The van der Waals surface area contributed by atoms with Gasteiger partial charge < -0.3 is 9.47 Å². The summed E-state index contributed by atoms with van der Waals surface area (Å²) in [4.78, 5) is 15.7. The number of ether oxygens (including phenoxy) is 2. The van der Waals surface area contributed by atoms with Gasteiger partial charge in [-0.15, -0.1) is 0 Å². The van der Waals surface area contributed by atoms with Crippen molar-refractivity contribution < 1.29 is 14.3 Å². The average Bonchev–Trinajstić information content (AvgIpc) is 2.55. The van der Waals surface area contributed by atoms with E-state index < -0.39 is 0 Å². The molecular weight excluding hydrogens is 270 g/mol. The van der Waals surface area contributed by atoms with Crippen molar-refractivity contribution in [3.63, 3.8) is 0 Å². The van der Waals surface area contributed by atoms with E-state index in [-0.39, 0.29) is 5.91 Å². The van der Waals surface area contributed by atoms with Crippen molar-refractivity contribution in [1.29, 1.82) is 0 Å². The zero-order chi connectivity index (χ0) is 15.1. The number of carbonyl (C=O) groups is 1. The van der Waals surface area contributed by atoms with Crippen LogP contribution in [0.3, 0.4) is 0 Å². The Morgan fingerprint density at radius 1 is 1.24 bits per heavy atom. The fraction of sp³-hybridized carbons (Fsp3) is 0.133. The summed E-state index contributed by atoms with van der Waals surface area (Å²) in [6, 6.07) is 10.4. The molecular formula is C15H15N3O3. The largest absolute Gasteiger partial charge is 0.497 e. The van der Waals surface area contributed by atoms with E-state index in [0.29, 0.717) is 22.8 Å². The second-order valence-electron chi connectivity index (χ2n) is 4.02. The van der Waals surface area contributed by atoms with Crippen molar-refractivity contribution in [2.24, 2.45) is 5.10 Å². The van der Waals surface area contributed by atoms with Crippen molar-refractivity contribution in [2.75, 3.05) is 14.2 Å². The van der Waals surface area contributed by atoms with Gasteiger partial charge in [-0.2, -0.15) is 5.10 Å². The van der Waals surface area contributed by atoms with E-state index >= 15 is 0 Å². The first kappa shape index (κ1) is 14.5. The molecule has 1 heterocycles. The Morgan fingerprint density at radius 3 is 2.76 bits per heavy atom. The van der Waals surface area contributed by atoms with Crippen LogP contribution < -0.4 is 14.9 Å². The van der Waals surface area contributed by atoms with E-state index in [2.05, 4.69) is 15.5 Å². The van der Waals surface area contributed by atoms with Gasteiger partial charge in [-0.05, 0) is 30.3 Å². The molecule has 0 saturated carbocycles. The van der Waals surface area contributed by atoms with E-state index in [1.54, 1.807) is 56.8 Å². The molecule has 1 N–H and O–H groups in total. The van der Waals surface area contributed by atoms with Crippen LogP contribution in [0.5, 0.6) is 11.5 Å². The highest BCUT2D eigenvalue weighted by atomic mass is 16.5. The Labute approximate surface area is 122 Å². The number of hydrazone groups is 1. The molecule has 0 saturated heterocycles. The van der Waals surface area contributed by atoms with Crippen LogP contribution in [0.4, 0.5) is 0 Å². The van der Waals surface area contributed by atoms with Crippen molar-refractivity contribution in [2.45, 2.75) is 0 Å². The molecule has 1 aromatic carbocycles. The Bertz CT molecular complexity index is 642. The number of carbonyl (C=O) groups excluding carboxylic acids is 1. The van der Waals surface area contributed by atoms with Gasteiger partial charge in [0, 0.05) is 11.8 Å². The predicted octanol–water partition coefficient (Wildman–Crippen LogP) is 1.86. The maximum Gasteiger partial charge on any atom is 0.289 e. The van der Waals surface area contributed by atoms with Crippen LogP contribution in [0.25, 0.3) is 0 Å². The zero-order valence-electron chi connectivity index (χ0n) is 11.7. The first-order valence-corrected chi connectivity index (χ1v) is 6.21. The number of nitrogens with zero attached hydrogens (tertiary/aromatic N) is 2. The minimum Gasteiger partial charge on any atom is -0.497 e. The zero-order valence-corrected chi connectivity index (χ0v) is 11.7. The number of hydrogen-bond donors (Lipinski definition) is 1. The third-order valence-electron chi connectivity index (χ3n) is 2.70. The van der Waals surface area contributed by atoms with E-state index in [9.17, 15) is 4.79 Å². The SMILES string of the molecule is COc1ccc(OC)c(/C=N\NC(=O)c2ccccn2)c1. The smallest absolute Gasteiger partial charge is 0.289 e. The maximum atomic E-state index is 11.8. The minimum absolute atomic E-state index is 0.298. The van der Waals surface area contributed by atoms with Crippen LogP contribution in [0, 0.1) is 0 Å². The minimum atomic E-state index is -0.381. The Balaban J connectivity index is 2.09. The second-order valence-corrected chi connectivity index (χ2v) is 4.02. The number of hydrogen-bond acceptors (Lipinski definition) is 5. The number of benzene rings is 1. The molecule has 6 nitrogen and oxygen atoms in total. The lowest BCUT2D eigenvalue weighted by molar-refractivity contribution is 0.0950. The van der Waals surface area contributed by atoms with Crippen molar-refractivity contribution in [3.05, 3.63) is 53.9 Å². The van der Waals surface area contributed by atoms with Crippen LogP contribution in [-0.2, 0) is 0 Å². The summed E-state index contributed by atoms with van der Waals surface area (Å²) < 4.78 is 10.4. The second kappa shape index (κ2) is 7.04. The van der Waals surface area contributed by atoms with Crippen molar-refractivity contribution in [3.8, 4) is 11.5 Å². The molecule has 0 aliphatic carbocycles. The van der Waals surface area contributed by atoms with Crippen LogP contribution >= 0.6 is 0 Å². The Kier molecular flexibility index (Phi) is 4.87. The van der Waals surface area contributed by atoms with Gasteiger partial charge in [0.05, 0.1) is 20.4 Å². The molecule has 0 spiro atoms. The summed E-state index contributed by atoms with van der Waals surface area (Å²) in [7, 11) is 3.14. The summed E-state index contributed by atoms with van der Waals surface area (Å²) in [5.74, 6) is 0.925. The van der Waals surface area contributed by atoms with Crippen molar-refractivity contribution >= 4 is 12.1 Å². The summed E-state index contributed by atoms with van der Waals surface area (Å²) in [6.07, 6.45) is 3.03. The third kappa shape index (κ3) is 3.79. The molecule has 21 heavy (non-hydrogen) atoms. The lowest BCUT2D eigenvalue weighted by atomic mass is 10.2. The van der Waals surface area contributed by atoms with E-state index in [4.69, 9.17) is 9.47 Å². The molecule has 1 aromatic heterocycles. The van der Waals surface area contributed by atoms with Crippen LogP contribution in [0.15, 0.2) is 47.7 Å². The highest BCUT2D eigenvalue weighted by molar-refractivity contribution is 5.93. The first-order chi connectivity index (χ1) is 10.2. The standard InChI is InChI=1S/C15H15N3O3/c1-20-12-6-7-14(21-2)11(9-12)10-17-18-15(19)13-5-3-4-8-16-13/h3-10H,1-2H3,(H,18,19)/b17-10-. The normalized spacial score (nSPS) is 10.4. The topological polar surface area (TPSA) is 72.8 Å². The molecule has 2 rings (SSSR count). The van der Waals surface area contributed by atoms with Gasteiger partial charge in [0.15, 0.2) is 0 Å². The van der Waals surface area contributed by atoms with Gasteiger partial charge in [0.2, 0.25) is 0 Å². The fourth-order valence-corrected chi connectivity index (χ4v) is 1.66. The maximum absolute atomic E-state index is 11.8. The molecule has 0 fully saturated rings. The summed E-state index contributed by atoms with van der Waals surface area (Å²) in [5.41, 5.74) is 3.40. The molecule has 0 aliphatic rings. The van der Waals surface area contributed by atoms with Gasteiger partial charge in [-0.25, -0.2) is 5.43 Å². The van der Waals surface area contributed by atoms with Gasteiger partial charge in [0.25, 0.3) is 5.91 Å². The quantitative estimate of drug-likeness (QED) is 0.672. The fourth-order valence-electron chi connectivity index (χ4n) is 1.66. The van der Waals surface area contributed by atoms with Gasteiger partial charge >= 0.3 is 0 Å². The van der Waals surface area contributed by atoms with E-state index in [0.717, 1.165) is 0 Å². The first-order valence-electron chi connectivity index (χ1n) is 6.21. The number of pyridine rings is 1. The van der Waals surface area contributed by atoms with Gasteiger partial charge in [-0.1, -0.05) is 6.07 Å². The third-order valence-corrected chi connectivity index (χ3v) is 2.70. The van der Waals surface area contributed by atoms with E-state index in [1.165, 1.54) is 6.21 Å². The van der Waals surface area contributed by atoms with E-state index in [1.807, 2.05) is 0 Å². The summed E-state index contributed by atoms with van der Waals surface area (Å²) in [5, 5.41) is 3.90. The highest BCUT2D eigenvalue weighted by Gasteiger charge is 2.05. The summed E-state index contributed by atoms with van der Waals surface area (Å²) >= 11 is 0. The lowest BCUT2D eigenvalue weighted by Gasteiger charge is -2.06. The molecule has 0 atom stereocenters. The Hall–Kier alpha value is -2.89. The van der Waals surface area contributed by atoms with Crippen LogP contribution in [-0.4, -0.2) is 31.3 Å². The molecule has 108 valence electrons. The summed E-state index contributed by atoms with van der Waals surface area (Å²) in [6.45, 7) is 0. The van der Waals surface area contributed by atoms with Crippen molar-refractivity contribution in [1.82, 2.24) is 10.4 Å². The highest BCUT2D eigenvalue weighted by Crippen LogP contribution is 2.22. The Morgan fingerprint density at radius 2 is 2.10 bits per heavy atom. The molecule has 1 amide bonds. The lowest BCUT2D eigenvalue weighted by Crippen LogP contribution is -2.18. The predicted molar refractivity (Wildman–Crippen MR) is 78.8 cm³/mol. The van der Waals surface area contributed by atoms with Crippen LogP contribution in [0.2, 0.25) is 0 Å². The number of aromatic nitrogens is 1. The van der Waals surface area contributed by atoms with Gasteiger partial charge in [0.1, 0.15) is 17.2 Å². The number of nitrogens with one attached hydrogen (secondary N) is 1. The van der Waals surface area contributed by atoms with Gasteiger partial charge in [-0.3, -0.25) is 9.78 Å². The molecule has 6 heteroatoms. The number of amides is 1. The van der Waals surface area contributed by atoms with Crippen LogP contribution in [0.1, 0.15) is 16.1 Å². The number of rotatable bonds is 5. The number of methoxy groups -OCH3 is 2. The molecule has 2 aromatic rings. The molecule has 0 bridgehead atoms. The molecule has 0 unspecified atom stereocenters. The average molecular weight is 285 g/mol.